The second-order valence-corrected chi connectivity index (χ2v) is 9.33. The van der Waals surface area contributed by atoms with Gasteiger partial charge in [-0.2, -0.15) is 0 Å². The lowest BCUT2D eigenvalue weighted by molar-refractivity contribution is -0.143. The van der Waals surface area contributed by atoms with Crippen molar-refractivity contribution in [3.63, 3.8) is 0 Å². The van der Waals surface area contributed by atoms with Gasteiger partial charge in [-0.3, -0.25) is 4.79 Å². The predicted molar refractivity (Wildman–Crippen MR) is 143 cm³/mol. The Morgan fingerprint density at radius 3 is 2.39 bits per heavy atom. The van der Waals surface area contributed by atoms with E-state index in [1.807, 2.05) is 85.8 Å². The third-order valence-electron chi connectivity index (χ3n) is 5.84. The first-order valence-corrected chi connectivity index (χ1v) is 12.6. The van der Waals surface area contributed by atoms with E-state index in [0.29, 0.717) is 31.9 Å². The van der Waals surface area contributed by atoms with Gasteiger partial charge in [0.25, 0.3) is 0 Å². The third kappa shape index (κ3) is 7.06. The summed E-state index contributed by atoms with van der Waals surface area (Å²) in [6.45, 7) is 2.98. The summed E-state index contributed by atoms with van der Waals surface area (Å²) in [5.41, 5.74) is 3.96. The molecule has 0 aliphatic heterocycles. The molecular weight excluding hydrogens is 520 g/mol. The van der Waals surface area contributed by atoms with Crippen molar-refractivity contribution in [2.24, 2.45) is 0 Å². The van der Waals surface area contributed by atoms with Crippen molar-refractivity contribution in [2.75, 3.05) is 13.7 Å². The number of ether oxygens (including phenoxy) is 2. The van der Waals surface area contributed by atoms with Gasteiger partial charge in [-0.1, -0.05) is 58.4 Å². The van der Waals surface area contributed by atoms with E-state index in [1.54, 1.807) is 0 Å². The number of aryl methyl sites for hydroxylation is 1. The van der Waals surface area contributed by atoms with Crippen LogP contribution >= 0.6 is 15.9 Å². The molecule has 1 aromatic heterocycles. The van der Waals surface area contributed by atoms with E-state index in [1.165, 1.54) is 7.11 Å². The molecule has 1 atom stereocenters. The molecule has 0 saturated carbocycles. The highest BCUT2D eigenvalue weighted by molar-refractivity contribution is 9.10. The first kappa shape index (κ1) is 25.7. The lowest BCUT2D eigenvalue weighted by Gasteiger charge is -2.17. The number of oxazole rings is 1. The summed E-state index contributed by atoms with van der Waals surface area (Å²) >= 11 is 3.44. The fourth-order valence-electron chi connectivity index (χ4n) is 3.81. The molecule has 1 N–H and O–H groups in total. The Morgan fingerprint density at radius 1 is 1.00 bits per heavy atom. The van der Waals surface area contributed by atoms with Crippen LogP contribution in [0.3, 0.4) is 0 Å². The van der Waals surface area contributed by atoms with Crippen LogP contribution in [-0.4, -0.2) is 30.7 Å². The number of esters is 1. The van der Waals surface area contributed by atoms with Crippen LogP contribution in [0, 0.1) is 6.92 Å². The van der Waals surface area contributed by atoms with E-state index in [4.69, 9.17) is 13.9 Å². The SMILES string of the molecule is COC(=O)C(Cc1ccc(OCCc2nc(-c3ccccc3)oc2C)cc1)NCc1ccc(Br)cc1. The Balaban J connectivity index is 1.29. The van der Waals surface area contributed by atoms with Crippen LogP contribution in [0.4, 0.5) is 0 Å². The number of nitrogens with one attached hydrogen (secondary N) is 1. The number of benzene rings is 3. The van der Waals surface area contributed by atoms with Crippen LogP contribution in [0.25, 0.3) is 11.5 Å². The molecule has 0 spiro atoms. The van der Waals surface area contributed by atoms with E-state index < -0.39 is 6.04 Å². The van der Waals surface area contributed by atoms with Crippen molar-refractivity contribution in [2.45, 2.75) is 32.4 Å². The second-order valence-electron chi connectivity index (χ2n) is 8.42. The molecule has 7 heteroatoms. The number of nitrogens with zero attached hydrogens (tertiary/aromatic N) is 1. The quantitative estimate of drug-likeness (QED) is 0.235. The van der Waals surface area contributed by atoms with Crippen LogP contribution < -0.4 is 10.1 Å². The molecule has 0 amide bonds. The van der Waals surface area contributed by atoms with Crippen molar-refractivity contribution in [1.82, 2.24) is 10.3 Å². The van der Waals surface area contributed by atoms with Crippen molar-refractivity contribution in [3.05, 3.63) is 106 Å². The Bertz CT molecular complexity index is 1250. The van der Waals surface area contributed by atoms with Crippen LogP contribution in [-0.2, 0) is 28.9 Å². The molecule has 1 heterocycles. The molecule has 0 saturated heterocycles. The molecule has 0 aliphatic carbocycles. The number of carbonyl (C=O) groups is 1. The topological polar surface area (TPSA) is 73.6 Å². The normalized spacial score (nSPS) is 11.8. The van der Waals surface area contributed by atoms with E-state index >= 15 is 0 Å². The molecule has 36 heavy (non-hydrogen) atoms. The molecule has 0 bridgehead atoms. The van der Waals surface area contributed by atoms with Crippen LogP contribution in [0.1, 0.15) is 22.6 Å². The van der Waals surface area contributed by atoms with E-state index in [-0.39, 0.29) is 5.97 Å². The summed E-state index contributed by atoms with van der Waals surface area (Å²) in [5.74, 6) is 1.91. The van der Waals surface area contributed by atoms with Gasteiger partial charge in [-0.25, -0.2) is 4.98 Å². The number of rotatable bonds is 11. The standard InChI is InChI=1S/C29H29BrN2O4/c1-20-26(32-28(36-20)23-6-4-3-5-7-23)16-17-35-25-14-10-21(11-15-25)18-27(29(33)34-2)31-19-22-8-12-24(30)13-9-22/h3-15,27,31H,16-19H2,1-2H3. The minimum absolute atomic E-state index is 0.287. The Morgan fingerprint density at radius 2 is 1.69 bits per heavy atom. The molecule has 186 valence electrons. The van der Waals surface area contributed by atoms with Gasteiger partial charge in [0.2, 0.25) is 5.89 Å². The highest BCUT2D eigenvalue weighted by atomic mass is 79.9. The van der Waals surface area contributed by atoms with Gasteiger partial charge in [-0.05, 0) is 60.9 Å². The molecule has 0 aliphatic rings. The van der Waals surface area contributed by atoms with Gasteiger partial charge >= 0.3 is 5.97 Å². The van der Waals surface area contributed by atoms with E-state index in [2.05, 4.69) is 26.2 Å². The lowest BCUT2D eigenvalue weighted by Crippen LogP contribution is -2.39. The Kier molecular flexibility index (Phi) is 8.92. The van der Waals surface area contributed by atoms with E-state index in [0.717, 1.165) is 38.4 Å². The predicted octanol–water partition coefficient (Wildman–Crippen LogP) is 5.91. The maximum atomic E-state index is 12.3. The zero-order chi connectivity index (χ0) is 25.3. The average Bonchev–Trinajstić information content (AvgIpc) is 3.28. The summed E-state index contributed by atoms with van der Waals surface area (Å²) in [7, 11) is 1.41. The Labute approximate surface area is 219 Å². The zero-order valence-electron chi connectivity index (χ0n) is 20.4. The van der Waals surface area contributed by atoms with Gasteiger partial charge in [-0.15, -0.1) is 0 Å². The smallest absolute Gasteiger partial charge is 0.323 e. The van der Waals surface area contributed by atoms with Crippen molar-refractivity contribution < 1.29 is 18.7 Å². The summed E-state index contributed by atoms with van der Waals surface area (Å²) in [6, 6.07) is 25.2. The van der Waals surface area contributed by atoms with Crippen molar-refractivity contribution in [3.8, 4) is 17.2 Å². The highest BCUT2D eigenvalue weighted by Gasteiger charge is 2.19. The fraction of sp³-hybridized carbons (Fsp3) is 0.241. The number of methoxy groups -OCH3 is 1. The molecule has 6 nitrogen and oxygen atoms in total. The van der Waals surface area contributed by atoms with Gasteiger partial charge in [0.15, 0.2) is 0 Å². The molecule has 1 unspecified atom stereocenters. The number of hydrogen-bond donors (Lipinski definition) is 1. The largest absolute Gasteiger partial charge is 0.493 e. The van der Waals surface area contributed by atoms with Crippen LogP contribution in [0.15, 0.2) is 87.8 Å². The summed E-state index contributed by atoms with van der Waals surface area (Å²) in [5, 5.41) is 3.30. The molecule has 3 aromatic carbocycles. The summed E-state index contributed by atoms with van der Waals surface area (Å²) in [6.07, 6.45) is 1.16. The van der Waals surface area contributed by atoms with Crippen molar-refractivity contribution >= 4 is 21.9 Å². The van der Waals surface area contributed by atoms with Crippen LogP contribution in [0.5, 0.6) is 5.75 Å². The maximum Gasteiger partial charge on any atom is 0.323 e. The zero-order valence-corrected chi connectivity index (χ0v) is 22.0. The van der Waals surface area contributed by atoms with Crippen LogP contribution in [0.2, 0.25) is 0 Å². The monoisotopic (exact) mass is 548 g/mol. The molecule has 4 aromatic rings. The minimum atomic E-state index is -0.445. The Hall–Kier alpha value is -3.42. The molecular formula is C29H29BrN2O4. The minimum Gasteiger partial charge on any atom is -0.493 e. The highest BCUT2D eigenvalue weighted by Crippen LogP contribution is 2.22. The number of aromatic nitrogens is 1. The van der Waals surface area contributed by atoms with Gasteiger partial charge < -0.3 is 19.2 Å². The number of carbonyl (C=O) groups excluding carboxylic acids is 1. The van der Waals surface area contributed by atoms with Gasteiger partial charge in [0.05, 0.1) is 19.4 Å². The summed E-state index contributed by atoms with van der Waals surface area (Å²) < 4.78 is 17.8. The third-order valence-corrected chi connectivity index (χ3v) is 6.36. The average molecular weight is 549 g/mol. The maximum absolute atomic E-state index is 12.3. The lowest BCUT2D eigenvalue weighted by atomic mass is 10.1. The number of hydrogen-bond acceptors (Lipinski definition) is 6. The first-order valence-electron chi connectivity index (χ1n) is 11.8. The van der Waals surface area contributed by atoms with Gasteiger partial charge in [0, 0.05) is 23.0 Å². The molecule has 0 radical (unpaired) electrons. The van der Waals surface area contributed by atoms with E-state index in [9.17, 15) is 4.79 Å². The summed E-state index contributed by atoms with van der Waals surface area (Å²) in [4.78, 5) is 17.0. The second kappa shape index (κ2) is 12.5. The fourth-order valence-corrected chi connectivity index (χ4v) is 4.08. The molecule has 0 fully saturated rings. The van der Waals surface area contributed by atoms with Crippen molar-refractivity contribution in [1.29, 1.82) is 0 Å². The van der Waals surface area contributed by atoms with Gasteiger partial charge in [0.1, 0.15) is 17.6 Å². The first-order chi connectivity index (χ1) is 17.5. The number of halogens is 1. The molecule has 4 rings (SSSR count).